The van der Waals surface area contributed by atoms with E-state index in [0.29, 0.717) is 6.42 Å². The molecule has 0 aliphatic heterocycles. The Morgan fingerprint density at radius 1 is 0.826 bits per heavy atom. The third-order valence-electron chi connectivity index (χ3n) is 3.68. The van der Waals surface area contributed by atoms with E-state index in [4.69, 9.17) is 5.73 Å². The van der Waals surface area contributed by atoms with Crippen LogP contribution in [-0.4, -0.2) is 25.3 Å². The zero-order chi connectivity index (χ0) is 17.6. The maximum atomic E-state index is 10.5. The Hall–Kier alpha value is 1.09. The second kappa shape index (κ2) is 25.3. The first kappa shape index (κ1) is 26.3. The molecule has 2 nitrogen and oxygen atoms in total. The summed E-state index contributed by atoms with van der Waals surface area (Å²) in [5, 5.41) is 0. The number of allylic oxidation sites excluding steroid dienone is 2. The van der Waals surface area contributed by atoms with Crippen molar-refractivity contribution in [3.63, 3.8) is 0 Å². The number of unbranched alkanes of at least 4 members (excludes halogenated alkanes) is 11. The van der Waals surface area contributed by atoms with Gasteiger partial charge in [0, 0.05) is 6.42 Å². The molecule has 0 aromatic carbocycles. The van der Waals surface area contributed by atoms with Gasteiger partial charge in [-0.3, -0.25) is 4.79 Å². The molecule has 0 saturated heterocycles. The van der Waals surface area contributed by atoms with Gasteiger partial charge in [0.05, 0.1) is 0 Å². The van der Waals surface area contributed by atoms with Crippen LogP contribution >= 0.6 is 24.0 Å². The van der Waals surface area contributed by atoms with E-state index in [1.165, 1.54) is 70.6 Å². The fraction of sp³-hybridized carbons (Fsp3) is 0.833. The molecule has 2 N–H and O–H groups in total. The Labute approximate surface area is 167 Å². The number of hydrogen-bond donors (Lipinski definition) is 1. The molecule has 0 atom stereocenters. The molecule has 0 fully saturated rings. The van der Waals surface area contributed by atoms with Crippen LogP contribution in [0.25, 0.3) is 0 Å². The number of carbonyl (C=O) groups excluding carboxylic acids is 1. The topological polar surface area (TPSA) is 43.1 Å². The Kier molecular flexibility index (Phi) is 29.0. The number of carbonyl (C=O) groups is 1. The first-order chi connectivity index (χ1) is 11.2. The molecule has 0 aromatic heterocycles. The van der Waals surface area contributed by atoms with Gasteiger partial charge in [0.25, 0.3) is 0 Å². The Bertz CT molecular complexity index is 263. The van der Waals surface area contributed by atoms with Gasteiger partial charge in [0.2, 0.25) is 5.91 Å². The number of hydrogen-bond acceptors (Lipinski definition) is 1. The molecule has 0 aromatic rings. The van der Waals surface area contributed by atoms with Crippen molar-refractivity contribution in [1.82, 2.24) is 0 Å². The zero-order valence-corrected chi connectivity index (χ0v) is 21.9. The molecule has 2 radical (unpaired) electrons. The molecule has 0 bridgehead atoms. The van der Waals surface area contributed by atoms with Crippen LogP contribution in [-0.2, 0) is 4.79 Å². The van der Waals surface area contributed by atoms with Crippen molar-refractivity contribution in [2.75, 3.05) is 0 Å². The molecule has 0 unspecified atom stereocenters. The van der Waals surface area contributed by atoms with Crippen LogP contribution < -0.4 is 5.73 Å². The van der Waals surface area contributed by atoms with Gasteiger partial charge in [0.15, 0.2) is 0 Å². The molecule has 0 aliphatic rings. The molecular weight excluding hydrogens is 613 g/mol. The minimum atomic E-state index is -0.292. The third kappa shape index (κ3) is 31.4. The Morgan fingerprint density at radius 3 is 1.65 bits per heavy atom. The van der Waals surface area contributed by atoms with Gasteiger partial charge >= 0.3 is 43.4 Å². The number of primary amides is 1. The number of nitrogens with two attached hydrogens (primary N) is 1. The summed E-state index contributed by atoms with van der Waals surface area (Å²) >= 11 is 6.22. The van der Waals surface area contributed by atoms with Crippen molar-refractivity contribution < 1.29 is 4.79 Å². The Morgan fingerprint density at radius 2 is 1.22 bits per heavy atom. The summed E-state index contributed by atoms with van der Waals surface area (Å²) in [6.45, 7) is 2.26. The summed E-state index contributed by atoms with van der Waals surface area (Å²) in [6.07, 6.45) is 21.9. The molecule has 0 saturated carbocycles. The second-order valence-corrected chi connectivity index (χ2v) is 22.7. The van der Waals surface area contributed by atoms with Crippen molar-refractivity contribution in [2.24, 2.45) is 5.73 Å². The summed E-state index contributed by atoms with van der Waals surface area (Å²) < 4.78 is 0. The van der Waals surface area contributed by atoms with Crippen LogP contribution in [0.3, 0.4) is 0 Å². The van der Waals surface area contributed by atoms with E-state index in [1.807, 2.05) is 0 Å². The van der Waals surface area contributed by atoms with Crippen LogP contribution in [0.2, 0.25) is 0 Å². The quantitative estimate of drug-likeness (QED) is 0.118. The molecule has 0 heterocycles. The first-order valence-electron chi connectivity index (χ1n) is 9.08. The third-order valence-corrected chi connectivity index (χ3v) is 3.68. The normalized spacial score (nSPS) is 10.6. The fourth-order valence-electron chi connectivity index (χ4n) is 2.37. The number of rotatable bonds is 15. The molecule has 1 amide bonds. The van der Waals surface area contributed by atoms with Gasteiger partial charge in [-0.15, -0.1) is 0 Å². The average molecular weight is 648 g/mol. The summed E-state index contributed by atoms with van der Waals surface area (Å²) in [6, 6.07) is 0. The zero-order valence-electron chi connectivity index (χ0n) is 14.8. The molecule has 0 rings (SSSR count). The van der Waals surface area contributed by atoms with Crippen molar-refractivity contribution in [2.45, 2.75) is 96.8 Å². The standard InChI is InChI=1S/C18H35NO.2BrH.Pb/c1-2-3-4-5-6-7-8-9-10-11-12-13-14-15-16-17-18(19)20;;;/h9-10H,2-8,11-17H2,1H3,(H2,19,20);2*1H;/q;;;+2/p-2/b10-9-;;;. The van der Waals surface area contributed by atoms with Crippen molar-refractivity contribution in [1.29, 1.82) is 0 Å². The summed E-state index contributed by atoms with van der Waals surface area (Å²) in [4.78, 5) is 10.5. The van der Waals surface area contributed by atoms with Gasteiger partial charge in [-0.25, -0.2) is 0 Å². The van der Waals surface area contributed by atoms with Crippen molar-refractivity contribution in [3.05, 3.63) is 12.2 Å². The second-order valence-electron chi connectivity index (χ2n) is 5.87. The molecule has 0 aliphatic carbocycles. The van der Waals surface area contributed by atoms with E-state index in [9.17, 15) is 4.79 Å². The van der Waals surface area contributed by atoms with Crippen LogP contribution in [0.4, 0.5) is 0 Å². The molecular formula is C18H35Br2NOPb. The summed E-state index contributed by atoms with van der Waals surface area (Å²) in [5.74, 6) is -0.164. The van der Waals surface area contributed by atoms with E-state index in [1.54, 1.807) is 0 Å². The van der Waals surface area contributed by atoms with Gasteiger partial charge in [-0.05, 0) is 32.1 Å². The van der Waals surface area contributed by atoms with Crippen molar-refractivity contribution >= 4 is 49.3 Å². The summed E-state index contributed by atoms with van der Waals surface area (Å²) in [7, 11) is 0. The predicted octanol–water partition coefficient (Wildman–Crippen LogP) is 6.82. The number of halogens is 2. The van der Waals surface area contributed by atoms with Gasteiger partial charge in [0.1, 0.15) is 0 Å². The van der Waals surface area contributed by atoms with Gasteiger partial charge in [-0.1, -0.05) is 70.4 Å². The molecule has 136 valence electrons. The molecule has 23 heavy (non-hydrogen) atoms. The first-order valence-corrected chi connectivity index (χ1v) is 25.9. The minimum absolute atomic E-state index is 0.164. The average Bonchev–Trinajstić information content (AvgIpc) is 2.51. The van der Waals surface area contributed by atoms with Crippen LogP contribution in [0.5, 0.6) is 0 Å². The monoisotopic (exact) mass is 647 g/mol. The van der Waals surface area contributed by atoms with E-state index < -0.39 is 0 Å². The van der Waals surface area contributed by atoms with Crippen LogP contribution in [0, 0.1) is 0 Å². The fourth-order valence-corrected chi connectivity index (χ4v) is 2.37. The van der Waals surface area contributed by atoms with Crippen molar-refractivity contribution in [3.8, 4) is 0 Å². The predicted molar refractivity (Wildman–Crippen MR) is 112 cm³/mol. The summed E-state index contributed by atoms with van der Waals surface area (Å²) in [5.41, 5.74) is 5.10. The van der Waals surface area contributed by atoms with E-state index >= 15 is 0 Å². The Balaban J connectivity index is 0. The SMILES string of the molecule is CCCCCCCC/C=C\CCCCCCCC(N)=O.[Br][Pb][Br]. The van der Waals surface area contributed by atoms with Crippen LogP contribution in [0.1, 0.15) is 96.8 Å². The molecule has 0 spiro atoms. The van der Waals surface area contributed by atoms with Gasteiger partial charge in [-0.2, -0.15) is 0 Å². The van der Waals surface area contributed by atoms with E-state index in [2.05, 4.69) is 43.0 Å². The van der Waals surface area contributed by atoms with Gasteiger partial charge < -0.3 is 5.73 Å². The van der Waals surface area contributed by atoms with E-state index in [0.717, 1.165) is 12.8 Å². The number of amides is 1. The molecule has 5 heteroatoms. The maximum absolute atomic E-state index is 10.5. The van der Waals surface area contributed by atoms with E-state index in [-0.39, 0.29) is 25.3 Å². The van der Waals surface area contributed by atoms with Crippen LogP contribution in [0.15, 0.2) is 12.2 Å².